The first-order valence-corrected chi connectivity index (χ1v) is 11.7. The number of nitrogens with one attached hydrogen (secondary N) is 2. The van der Waals surface area contributed by atoms with E-state index in [-0.39, 0.29) is 24.0 Å². The molecule has 1 saturated carbocycles. The molecule has 1 aromatic heterocycles. The molecule has 3 rings (SSSR count). The number of thiophene rings is 1. The second-order valence-corrected chi connectivity index (χ2v) is 9.43. The Morgan fingerprint density at radius 2 is 2.12 bits per heavy atom. The molecule has 0 radical (unpaired) electrons. The lowest BCUT2D eigenvalue weighted by atomic mass is 9.97. The van der Waals surface area contributed by atoms with Crippen LogP contribution in [0.5, 0.6) is 0 Å². The van der Waals surface area contributed by atoms with Gasteiger partial charge in [-0.15, -0.1) is 35.3 Å². The molecule has 4 nitrogen and oxygen atoms in total. The van der Waals surface area contributed by atoms with Gasteiger partial charge >= 0.3 is 0 Å². The number of halogens is 1. The van der Waals surface area contributed by atoms with Crippen LogP contribution in [0, 0.1) is 5.92 Å². The van der Waals surface area contributed by atoms with Crippen molar-refractivity contribution in [1.82, 2.24) is 15.5 Å². The number of aliphatic imine (C=N–C) groups is 1. The molecule has 2 atom stereocenters. The molecule has 0 spiro atoms. The Labute approximate surface area is 184 Å². The second kappa shape index (κ2) is 11.8. The highest BCUT2D eigenvalue weighted by molar-refractivity contribution is 14.0. The predicted octanol–water partition coefficient (Wildman–Crippen LogP) is 4.03. The molecular formula is C19H33IN4S2. The van der Waals surface area contributed by atoms with Crippen LogP contribution in [0.3, 0.4) is 0 Å². The maximum absolute atomic E-state index is 4.43. The highest BCUT2D eigenvalue weighted by Crippen LogP contribution is 2.28. The summed E-state index contributed by atoms with van der Waals surface area (Å²) in [6.07, 6.45) is 8.67. The molecular weight excluding hydrogens is 475 g/mol. The van der Waals surface area contributed by atoms with Crippen LogP contribution >= 0.6 is 47.1 Å². The van der Waals surface area contributed by atoms with Crippen LogP contribution in [0.15, 0.2) is 22.5 Å². The van der Waals surface area contributed by atoms with Crippen molar-refractivity contribution in [2.45, 2.75) is 49.9 Å². The van der Waals surface area contributed by atoms with Gasteiger partial charge in [0.2, 0.25) is 0 Å². The van der Waals surface area contributed by atoms with Crippen molar-refractivity contribution >= 4 is 53.0 Å². The standard InChI is InChI=1S/C19H32N4S2.HI/c1-20-19(22-16-5-6-17(12-16)24-2)21-13-15-7-9-23(10-8-15)14-18-4-3-11-25-18;/h3-4,11,15-17H,5-10,12-14H2,1-2H3,(H2,20,21,22);1H. The summed E-state index contributed by atoms with van der Waals surface area (Å²) in [5.74, 6) is 1.76. The van der Waals surface area contributed by atoms with E-state index in [9.17, 15) is 0 Å². The van der Waals surface area contributed by atoms with Crippen LogP contribution in [0.25, 0.3) is 0 Å². The number of hydrogen-bond donors (Lipinski definition) is 2. The lowest BCUT2D eigenvalue weighted by Crippen LogP contribution is -2.45. The summed E-state index contributed by atoms with van der Waals surface area (Å²) < 4.78 is 0. The molecule has 0 amide bonds. The van der Waals surface area contributed by atoms with Gasteiger partial charge in [0.05, 0.1) is 0 Å². The van der Waals surface area contributed by atoms with E-state index >= 15 is 0 Å². The van der Waals surface area contributed by atoms with Gasteiger partial charge in [-0.2, -0.15) is 11.8 Å². The Morgan fingerprint density at radius 3 is 2.73 bits per heavy atom. The summed E-state index contributed by atoms with van der Waals surface area (Å²) >= 11 is 3.88. The van der Waals surface area contributed by atoms with E-state index in [0.717, 1.165) is 30.2 Å². The molecule has 2 unspecified atom stereocenters. The van der Waals surface area contributed by atoms with Crippen LogP contribution in [0.2, 0.25) is 0 Å². The lowest BCUT2D eigenvalue weighted by Gasteiger charge is -2.32. The van der Waals surface area contributed by atoms with E-state index in [1.807, 2.05) is 30.1 Å². The highest BCUT2D eigenvalue weighted by atomic mass is 127. The van der Waals surface area contributed by atoms with Gasteiger partial charge in [0.15, 0.2) is 5.96 Å². The van der Waals surface area contributed by atoms with Crippen LogP contribution in [0.4, 0.5) is 0 Å². The van der Waals surface area contributed by atoms with Crippen LogP contribution in [-0.4, -0.2) is 55.1 Å². The molecule has 0 bridgehead atoms. The van der Waals surface area contributed by atoms with Gasteiger partial charge in [-0.25, -0.2) is 0 Å². The third-order valence-corrected chi connectivity index (χ3v) is 7.46. The van der Waals surface area contributed by atoms with Gasteiger partial charge in [0.25, 0.3) is 0 Å². The zero-order valence-corrected chi connectivity index (χ0v) is 19.9. The Kier molecular flexibility index (Phi) is 10.1. The van der Waals surface area contributed by atoms with E-state index in [0.29, 0.717) is 6.04 Å². The van der Waals surface area contributed by atoms with E-state index in [1.165, 1.54) is 50.1 Å². The zero-order valence-electron chi connectivity index (χ0n) is 15.9. The van der Waals surface area contributed by atoms with Crippen LogP contribution in [-0.2, 0) is 6.54 Å². The molecule has 2 N–H and O–H groups in total. The number of rotatable bonds is 6. The molecule has 2 aliphatic rings. The molecule has 2 heterocycles. The fourth-order valence-corrected chi connectivity index (χ4v) is 5.43. The van der Waals surface area contributed by atoms with Gasteiger partial charge in [-0.1, -0.05) is 6.07 Å². The van der Waals surface area contributed by atoms with Crippen molar-refractivity contribution in [2.75, 3.05) is 32.9 Å². The maximum Gasteiger partial charge on any atom is 0.191 e. The molecule has 1 aromatic rings. The minimum atomic E-state index is 0. The summed E-state index contributed by atoms with van der Waals surface area (Å²) in [7, 11) is 1.89. The SMILES string of the molecule is CN=C(NCC1CCN(Cc2cccs2)CC1)NC1CCC(SC)C1.I. The maximum atomic E-state index is 4.43. The smallest absolute Gasteiger partial charge is 0.191 e. The molecule has 148 valence electrons. The minimum Gasteiger partial charge on any atom is -0.356 e. The number of guanidine groups is 1. The predicted molar refractivity (Wildman–Crippen MR) is 127 cm³/mol. The van der Waals surface area contributed by atoms with E-state index in [2.05, 4.69) is 44.3 Å². The molecule has 1 saturated heterocycles. The number of piperidine rings is 1. The van der Waals surface area contributed by atoms with Crippen molar-refractivity contribution in [3.63, 3.8) is 0 Å². The Hall–Kier alpha value is 0.01000. The average Bonchev–Trinajstić information content (AvgIpc) is 3.31. The largest absolute Gasteiger partial charge is 0.356 e. The first-order valence-electron chi connectivity index (χ1n) is 9.51. The molecule has 2 fully saturated rings. The molecule has 7 heteroatoms. The number of likely N-dealkylation sites (tertiary alicyclic amines) is 1. The Morgan fingerprint density at radius 1 is 1.31 bits per heavy atom. The summed E-state index contributed by atoms with van der Waals surface area (Å²) in [5.41, 5.74) is 0. The summed E-state index contributed by atoms with van der Waals surface area (Å²) in [4.78, 5) is 8.51. The van der Waals surface area contributed by atoms with Crippen LogP contribution in [0.1, 0.15) is 37.0 Å². The van der Waals surface area contributed by atoms with Crippen molar-refractivity contribution in [1.29, 1.82) is 0 Å². The van der Waals surface area contributed by atoms with E-state index < -0.39 is 0 Å². The highest BCUT2D eigenvalue weighted by Gasteiger charge is 2.25. The Bertz CT molecular complexity index is 530. The number of hydrogen-bond acceptors (Lipinski definition) is 4. The van der Waals surface area contributed by atoms with Gasteiger partial charge in [-0.3, -0.25) is 9.89 Å². The zero-order chi connectivity index (χ0) is 17.5. The first-order chi connectivity index (χ1) is 12.3. The summed E-state index contributed by atoms with van der Waals surface area (Å²) in [6.45, 7) is 4.60. The third-order valence-electron chi connectivity index (χ3n) is 5.51. The van der Waals surface area contributed by atoms with Crippen molar-refractivity contribution in [3.8, 4) is 0 Å². The van der Waals surface area contributed by atoms with Gasteiger partial charge in [0, 0.05) is 36.3 Å². The number of thioether (sulfide) groups is 1. The molecule has 1 aliphatic heterocycles. The summed E-state index contributed by atoms with van der Waals surface area (Å²) in [6, 6.07) is 5.00. The van der Waals surface area contributed by atoms with Gasteiger partial charge < -0.3 is 10.6 Å². The molecule has 0 aromatic carbocycles. The molecule has 26 heavy (non-hydrogen) atoms. The van der Waals surface area contributed by atoms with E-state index in [1.54, 1.807) is 0 Å². The van der Waals surface area contributed by atoms with Crippen molar-refractivity contribution in [3.05, 3.63) is 22.4 Å². The lowest BCUT2D eigenvalue weighted by molar-refractivity contribution is 0.179. The second-order valence-electron chi connectivity index (χ2n) is 7.26. The Balaban J connectivity index is 0.00000243. The van der Waals surface area contributed by atoms with Crippen LogP contribution < -0.4 is 10.6 Å². The third kappa shape index (κ3) is 6.87. The van der Waals surface area contributed by atoms with Gasteiger partial charge in [0.1, 0.15) is 0 Å². The first kappa shape index (κ1) is 22.3. The summed E-state index contributed by atoms with van der Waals surface area (Å²) in [5, 5.41) is 10.2. The van der Waals surface area contributed by atoms with Gasteiger partial charge in [-0.05, 0) is 68.8 Å². The average molecular weight is 509 g/mol. The quantitative estimate of drug-likeness (QED) is 0.346. The minimum absolute atomic E-state index is 0. The van der Waals surface area contributed by atoms with Crippen molar-refractivity contribution in [2.24, 2.45) is 10.9 Å². The molecule has 1 aliphatic carbocycles. The van der Waals surface area contributed by atoms with Crippen molar-refractivity contribution < 1.29 is 0 Å². The fourth-order valence-electron chi connectivity index (χ4n) is 3.89. The number of nitrogens with zero attached hydrogens (tertiary/aromatic N) is 2. The monoisotopic (exact) mass is 508 g/mol. The van der Waals surface area contributed by atoms with E-state index in [4.69, 9.17) is 0 Å². The fraction of sp³-hybridized carbons (Fsp3) is 0.737. The normalized spacial score (nSPS) is 25.1. The topological polar surface area (TPSA) is 39.7 Å².